The zero-order valence-electron chi connectivity index (χ0n) is 17.6. The molecule has 1 saturated carbocycles. The second-order valence-electron chi connectivity index (χ2n) is 8.44. The van der Waals surface area contributed by atoms with E-state index in [0.717, 1.165) is 72.3 Å². The Morgan fingerprint density at radius 1 is 1.10 bits per heavy atom. The molecule has 2 heterocycles. The molecular weight excluding hydrogens is 394 g/mol. The molecule has 1 aliphatic carbocycles. The van der Waals surface area contributed by atoms with Crippen LogP contribution in [0.2, 0.25) is 0 Å². The van der Waals surface area contributed by atoms with Crippen molar-refractivity contribution in [2.24, 2.45) is 0 Å². The smallest absolute Gasteiger partial charge is 0.147 e. The number of morpholine rings is 1. The molecule has 0 unspecified atom stereocenters. The van der Waals surface area contributed by atoms with E-state index in [1.54, 1.807) is 6.26 Å². The Hall–Kier alpha value is -2.70. The van der Waals surface area contributed by atoms with Crippen molar-refractivity contribution in [1.82, 2.24) is 4.90 Å². The Labute approximate surface area is 181 Å². The van der Waals surface area contributed by atoms with Crippen LogP contribution in [0.3, 0.4) is 0 Å². The number of nitrogens with zero attached hydrogens (tertiary/aromatic N) is 1. The van der Waals surface area contributed by atoms with E-state index < -0.39 is 0 Å². The van der Waals surface area contributed by atoms with Crippen molar-refractivity contribution in [3.63, 3.8) is 0 Å². The van der Waals surface area contributed by atoms with Crippen LogP contribution in [0.5, 0.6) is 5.75 Å². The van der Waals surface area contributed by atoms with E-state index in [1.807, 2.05) is 30.3 Å². The number of rotatable bonds is 6. The van der Waals surface area contributed by atoms with Crippen molar-refractivity contribution < 1.29 is 23.5 Å². The minimum Gasteiger partial charge on any atom is -0.494 e. The highest BCUT2D eigenvalue weighted by atomic mass is 16.5. The summed E-state index contributed by atoms with van der Waals surface area (Å²) in [6.07, 6.45) is 3.72. The van der Waals surface area contributed by atoms with Crippen LogP contribution in [0.25, 0.3) is 21.7 Å². The summed E-state index contributed by atoms with van der Waals surface area (Å²) in [6.45, 7) is 5.32. The van der Waals surface area contributed by atoms with Gasteiger partial charge in [0.1, 0.15) is 22.9 Å². The molecule has 0 bridgehead atoms. The Morgan fingerprint density at radius 2 is 1.97 bits per heavy atom. The van der Waals surface area contributed by atoms with Crippen LogP contribution in [0.4, 0.5) is 0 Å². The number of carbonyl (C=O) groups is 2. The van der Waals surface area contributed by atoms with Gasteiger partial charge in [0, 0.05) is 42.9 Å². The first-order valence-electron chi connectivity index (χ1n) is 11.1. The first-order chi connectivity index (χ1) is 15.2. The Balaban J connectivity index is 1.33. The molecule has 0 N–H and O–H groups in total. The Bertz CT molecular complexity index is 1110. The van der Waals surface area contributed by atoms with Crippen molar-refractivity contribution in [2.45, 2.75) is 31.6 Å². The molecular formula is C25H27NO5. The lowest BCUT2D eigenvalue weighted by atomic mass is 9.81. The molecule has 3 aromatic rings. The third-order valence-electron chi connectivity index (χ3n) is 6.39. The van der Waals surface area contributed by atoms with E-state index in [-0.39, 0.29) is 23.9 Å². The van der Waals surface area contributed by atoms with Gasteiger partial charge >= 0.3 is 0 Å². The summed E-state index contributed by atoms with van der Waals surface area (Å²) in [7, 11) is 0. The first-order valence-corrected chi connectivity index (χ1v) is 11.1. The number of hydrogen-bond acceptors (Lipinski definition) is 6. The summed E-state index contributed by atoms with van der Waals surface area (Å²) in [6, 6.07) is 10.1. The average Bonchev–Trinajstić information content (AvgIpc) is 3.21. The van der Waals surface area contributed by atoms with E-state index >= 15 is 0 Å². The molecule has 0 radical (unpaired) electrons. The topological polar surface area (TPSA) is 69.0 Å². The third-order valence-corrected chi connectivity index (χ3v) is 6.39. The molecule has 5 rings (SSSR count). The maximum atomic E-state index is 12.5. The molecule has 0 spiro atoms. The van der Waals surface area contributed by atoms with Gasteiger partial charge in [-0.2, -0.15) is 0 Å². The number of ketones is 2. The lowest BCUT2D eigenvalue weighted by molar-refractivity contribution is -0.130. The highest BCUT2D eigenvalue weighted by Crippen LogP contribution is 2.38. The van der Waals surface area contributed by atoms with Crippen molar-refractivity contribution in [2.75, 3.05) is 39.5 Å². The predicted molar refractivity (Wildman–Crippen MR) is 118 cm³/mol. The van der Waals surface area contributed by atoms with Crippen molar-refractivity contribution >= 4 is 33.3 Å². The van der Waals surface area contributed by atoms with Crippen molar-refractivity contribution in [3.05, 3.63) is 42.2 Å². The van der Waals surface area contributed by atoms with Gasteiger partial charge in [0.05, 0.1) is 32.5 Å². The van der Waals surface area contributed by atoms with Gasteiger partial charge in [-0.05, 0) is 47.9 Å². The predicted octanol–water partition coefficient (Wildman–Crippen LogP) is 4.09. The highest BCUT2D eigenvalue weighted by molar-refractivity contribution is 6.11. The van der Waals surface area contributed by atoms with Gasteiger partial charge in [-0.1, -0.05) is 6.07 Å². The lowest BCUT2D eigenvalue weighted by Gasteiger charge is -2.26. The minimum absolute atomic E-state index is 0.00354. The normalized spacial score (nSPS) is 20.6. The van der Waals surface area contributed by atoms with Crippen LogP contribution >= 0.6 is 0 Å². The maximum absolute atomic E-state index is 12.5. The van der Waals surface area contributed by atoms with Crippen LogP contribution in [0.1, 0.15) is 37.2 Å². The molecule has 2 aliphatic rings. The molecule has 162 valence electrons. The fourth-order valence-corrected chi connectivity index (χ4v) is 4.72. The Kier molecular flexibility index (Phi) is 5.74. The SMILES string of the molecule is O=C1CC[C@@H](c2coc3ccc4cc(OCCCN5CCOCC5)ccc4c23)C(=O)C1. The standard InChI is InChI=1S/C25H27NO5/c27-18-3-5-21(23(28)15-18)22-16-31-24-7-2-17-14-19(4-6-20(17)25(22)24)30-11-1-8-26-9-12-29-13-10-26/h2,4,6-7,14,16,21H,1,3,5,8-13,15H2/t21-/m0/s1. The average molecular weight is 421 g/mol. The molecule has 1 atom stereocenters. The maximum Gasteiger partial charge on any atom is 0.147 e. The molecule has 6 nitrogen and oxygen atoms in total. The summed E-state index contributed by atoms with van der Waals surface area (Å²) >= 11 is 0. The summed E-state index contributed by atoms with van der Waals surface area (Å²) in [5.74, 6) is 0.615. The Morgan fingerprint density at radius 3 is 2.81 bits per heavy atom. The molecule has 31 heavy (non-hydrogen) atoms. The number of furan rings is 1. The zero-order chi connectivity index (χ0) is 21.2. The van der Waals surface area contributed by atoms with Gasteiger partial charge in [0.25, 0.3) is 0 Å². The van der Waals surface area contributed by atoms with Crippen LogP contribution in [0.15, 0.2) is 41.0 Å². The number of ether oxygens (including phenoxy) is 2. The zero-order valence-corrected chi connectivity index (χ0v) is 17.6. The number of fused-ring (bicyclic) bond motifs is 3. The summed E-state index contributed by atoms with van der Waals surface area (Å²) < 4.78 is 17.2. The van der Waals surface area contributed by atoms with Crippen molar-refractivity contribution in [3.8, 4) is 5.75 Å². The molecule has 2 aromatic carbocycles. The second-order valence-corrected chi connectivity index (χ2v) is 8.44. The minimum atomic E-state index is -0.263. The number of carbonyl (C=O) groups excluding carboxylic acids is 2. The second kappa shape index (κ2) is 8.81. The van der Waals surface area contributed by atoms with E-state index in [1.165, 1.54) is 0 Å². The fourth-order valence-electron chi connectivity index (χ4n) is 4.72. The summed E-state index contributed by atoms with van der Waals surface area (Å²) in [5.41, 5.74) is 1.67. The number of benzene rings is 2. The van der Waals surface area contributed by atoms with Gasteiger partial charge < -0.3 is 13.9 Å². The van der Waals surface area contributed by atoms with Crippen LogP contribution in [-0.4, -0.2) is 55.9 Å². The van der Waals surface area contributed by atoms with Crippen molar-refractivity contribution in [1.29, 1.82) is 0 Å². The fraction of sp³-hybridized carbons (Fsp3) is 0.440. The monoisotopic (exact) mass is 421 g/mol. The van der Waals surface area contributed by atoms with Gasteiger partial charge in [0.2, 0.25) is 0 Å². The van der Waals surface area contributed by atoms with Crippen LogP contribution < -0.4 is 4.74 Å². The first kappa shape index (κ1) is 20.2. The van der Waals surface area contributed by atoms with Gasteiger partial charge in [0.15, 0.2) is 0 Å². The quantitative estimate of drug-likeness (QED) is 0.441. The summed E-state index contributed by atoms with van der Waals surface area (Å²) in [4.78, 5) is 26.5. The van der Waals surface area contributed by atoms with E-state index in [9.17, 15) is 9.59 Å². The van der Waals surface area contributed by atoms with E-state index in [0.29, 0.717) is 19.4 Å². The largest absolute Gasteiger partial charge is 0.494 e. The summed E-state index contributed by atoms with van der Waals surface area (Å²) in [5, 5.41) is 3.08. The molecule has 6 heteroatoms. The van der Waals surface area contributed by atoms with Gasteiger partial charge in [-0.15, -0.1) is 0 Å². The van der Waals surface area contributed by atoms with E-state index in [4.69, 9.17) is 13.9 Å². The number of hydrogen-bond donors (Lipinski definition) is 0. The molecule has 2 fully saturated rings. The molecule has 1 aromatic heterocycles. The molecule has 0 amide bonds. The lowest BCUT2D eigenvalue weighted by Crippen LogP contribution is -2.37. The van der Waals surface area contributed by atoms with Crippen LogP contribution in [0, 0.1) is 0 Å². The third kappa shape index (κ3) is 4.23. The van der Waals surface area contributed by atoms with E-state index in [2.05, 4.69) is 4.90 Å². The van der Waals surface area contributed by atoms with Crippen LogP contribution in [-0.2, 0) is 14.3 Å². The van der Waals surface area contributed by atoms with Gasteiger partial charge in [-0.3, -0.25) is 14.5 Å². The highest BCUT2D eigenvalue weighted by Gasteiger charge is 2.31. The number of Topliss-reactive ketones (excluding diaryl/α,β-unsaturated/α-hetero) is 2. The van der Waals surface area contributed by atoms with Gasteiger partial charge in [-0.25, -0.2) is 0 Å². The molecule has 1 aliphatic heterocycles. The molecule has 1 saturated heterocycles.